The van der Waals surface area contributed by atoms with Gasteiger partial charge in [-0.05, 0) is 50.6 Å². The number of nitrogens with two attached hydrogens (primary N) is 1. The van der Waals surface area contributed by atoms with Gasteiger partial charge in [0.15, 0.2) is 0 Å². The van der Waals surface area contributed by atoms with E-state index in [9.17, 15) is 0 Å². The van der Waals surface area contributed by atoms with Crippen molar-refractivity contribution in [3.05, 3.63) is 0 Å². The van der Waals surface area contributed by atoms with Crippen LogP contribution in [0.3, 0.4) is 0 Å². The lowest BCUT2D eigenvalue weighted by Gasteiger charge is -2.44. The molecule has 2 unspecified atom stereocenters. The van der Waals surface area contributed by atoms with Crippen LogP contribution in [0.5, 0.6) is 0 Å². The Labute approximate surface area is 113 Å². The molecule has 0 heterocycles. The van der Waals surface area contributed by atoms with Crippen molar-refractivity contribution in [2.24, 2.45) is 17.1 Å². The Morgan fingerprint density at radius 2 is 1.83 bits per heavy atom. The molecule has 18 heavy (non-hydrogen) atoms. The SMILES string of the molecule is CC1CCCC(CN)(CN(C)C2CCCCC2)C1. The quantitative estimate of drug-likeness (QED) is 0.831. The van der Waals surface area contributed by atoms with Crippen molar-refractivity contribution in [3.8, 4) is 0 Å². The molecule has 0 aromatic carbocycles. The zero-order valence-electron chi connectivity index (χ0n) is 12.5. The van der Waals surface area contributed by atoms with Gasteiger partial charge in [-0.25, -0.2) is 0 Å². The van der Waals surface area contributed by atoms with E-state index in [0.29, 0.717) is 5.41 Å². The Morgan fingerprint density at radius 3 is 2.44 bits per heavy atom. The summed E-state index contributed by atoms with van der Waals surface area (Å²) in [5.41, 5.74) is 6.57. The van der Waals surface area contributed by atoms with E-state index < -0.39 is 0 Å². The summed E-state index contributed by atoms with van der Waals surface area (Å²) >= 11 is 0. The highest BCUT2D eigenvalue weighted by atomic mass is 15.1. The Bertz CT molecular complexity index is 247. The Balaban J connectivity index is 1.91. The molecule has 0 radical (unpaired) electrons. The first kappa shape index (κ1) is 14.3. The highest BCUT2D eigenvalue weighted by Gasteiger charge is 2.36. The molecule has 0 bridgehead atoms. The summed E-state index contributed by atoms with van der Waals surface area (Å²) in [5.74, 6) is 0.877. The molecule has 2 aliphatic rings. The van der Waals surface area contributed by atoms with E-state index >= 15 is 0 Å². The predicted molar refractivity (Wildman–Crippen MR) is 78.6 cm³/mol. The van der Waals surface area contributed by atoms with Crippen LogP contribution in [0.15, 0.2) is 0 Å². The molecule has 0 spiro atoms. The minimum atomic E-state index is 0.420. The third-order valence-electron chi connectivity index (χ3n) is 5.40. The Hall–Kier alpha value is -0.0800. The average Bonchev–Trinajstić information content (AvgIpc) is 2.39. The van der Waals surface area contributed by atoms with Crippen molar-refractivity contribution in [2.75, 3.05) is 20.1 Å². The van der Waals surface area contributed by atoms with Gasteiger partial charge in [0, 0.05) is 12.6 Å². The Kier molecular flexibility index (Phi) is 5.08. The third kappa shape index (κ3) is 3.48. The van der Waals surface area contributed by atoms with Gasteiger partial charge < -0.3 is 10.6 Å². The number of nitrogens with zero attached hydrogens (tertiary/aromatic N) is 1. The van der Waals surface area contributed by atoms with Crippen LogP contribution in [0.4, 0.5) is 0 Å². The summed E-state index contributed by atoms with van der Waals surface area (Å²) in [4.78, 5) is 2.64. The maximum atomic E-state index is 6.15. The fourth-order valence-corrected chi connectivity index (χ4v) is 4.34. The fourth-order valence-electron chi connectivity index (χ4n) is 4.34. The summed E-state index contributed by atoms with van der Waals surface area (Å²) in [6, 6.07) is 0.833. The average molecular weight is 252 g/mol. The van der Waals surface area contributed by atoms with Crippen molar-refractivity contribution in [1.82, 2.24) is 4.90 Å². The summed E-state index contributed by atoms with van der Waals surface area (Å²) in [5, 5.41) is 0. The van der Waals surface area contributed by atoms with Crippen molar-refractivity contribution >= 4 is 0 Å². The molecule has 2 fully saturated rings. The van der Waals surface area contributed by atoms with Gasteiger partial charge in [0.05, 0.1) is 0 Å². The Morgan fingerprint density at radius 1 is 1.11 bits per heavy atom. The van der Waals surface area contributed by atoms with Gasteiger partial charge in [-0.1, -0.05) is 39.0 Å². The van der Waals surface area contributed by atoms with Gasteiger partial charge in [0.25, 0.3) is 0 Å². The lowest BCUT2D eigenvalue weighted by atomic mass is 9.69. The van der Waals surface area contributed by atoms with Crippen LogP contribution < -0.4 is 5.73 Å². The molecular weight excluding hydrogens is 220 g/mol. The maximum absolute atomic E-state index is 6.15. The molecular formula is C16H32N2. The van der Waals surface area contributed by atoms with E-state index in [0.717, 1.165) is 18.5 Å². The summed E-state index contributed by atoms with van der Waals surface area (Å²) in [6.07, 6.45) is 12.6. The zero-order chi connectivity index (χ0) is 13.0. The molecule has 2 atom stereocenters. The van der Waals surface area contributed by atoms with Crippen LogP contribution in [0.2, 0.25) is 0 Å². The van der Waals surface area contributed by atoms with Gasteiger partial charge in [0.1, 0.15) is 0 Å². The second-order valence-electron chi connectivity index (χ2n) is 7.11. The van der Waals surface area contributed by atoms with Gasteiger partial charge in [-0.3, -0.25) is 0 Å². The predicted octanol–water partition coefficient (Wildman–Crippen LogP) is 3.41. The highest BCUT2D eigenvalue weighted by Crippen LogP contribution is 2.39. The number of hydrogen-bond acceptors (Lipinski definition) is 2. The van der Waals surface area contributed by atoms with Crippen LogP contribution in [0.1, 0.15) is 64.7 Å². The minimum absolute atomic E-state index is 0.420. The van der Waals surface area contributed by atoms with Gasteiger partial charge in [0.2, 0.25) is 0 Å². The van der Waals surface area contributed by atoms with Gasteiger partial charge in [-0.2, -0.15) is 0 Å². The fraction of sp³-hybridized carbons (Fsp3) is 1.00. The van der Waals surface area contributed by atoms with Crippen molar-refractivity contribution < 1.29 is 0 Å². The molecule has 0 aliphatic heterocycles. The second-order valence-corrected chi connectivity index (χ2v) is 7.11. The summed E-state index contributed by atoms with van der Waals surface area (Å²) < 4.78 is 0. The molecule has 2 aliphatic carbocycles. The molecule has 0 aromatic heterocycles. The molecule has 0 amide bonds. The van der Waals surface area contributed by atoms with Crippen molar-refractivity contribution in [2.45, 2.75) is 70.8 Å². The molecule has 0 aromatic rings. The van der Waals surface area contributed by atoms with Crippen molar-refractivity contribution in [3.63, 3.8) is 0 Å². The lowest BCUT2D eigenvalue weighted by molar-refractivity contribution is 0.0694. The molecule has 2 rings (SSSR count). The maximum Gasteiger partial charge on any atom is 0.00924 e. The van der Waals surface area contributed by atoms with Crippen LogP contribution in [-0.2, 0) is 0 Å². The third-order valence-corrected chi connectivity index (χ3v) is 5.40. The number of rotatable bonds is 4. The van der Waals surface area contributed by atoms with E-state index in [2.05, 4.69) is 18.9 Å². The largest absolute Gasteiger partial charge is 0.330 e. The standard InChI is InChI=1S/C16H32N2/c1-14-7-6-10-16(11-14,12-17)13-18(2)15-8-4-3-5-9-15/h14-15H,3-13,17H2,1-2H3. The van der Waals surface area contributed by atoms with Gasteiger partial charge >= 0.3 is 0 Å². The van der Waals surface area contributed by atoms with Crippen LogP contribution in [0, 0.1) is 11.3 Å². The molecule has 2 N–H and O–H groups in total. The lowest BCUT2D eigenvalue weighted by Crippen LogP contribution is -2.47. The second kappa shape index (κ2) is 6.38. The zero-order valence-corrected chi connectivity index (χ0v) is 12.5. The van der Waals surface area contributed by atoms with E-state index in [1.165, 1.54) is 64.3 Å². The normalized spacial score (nSPS) is 35.0. The van der Waals surface area contributed by atoms with Crippen molar-refractivity contribution in [1.29, 1.82) is 0 Å². The monoisotopic (exact) mass is 252 g/mol. The smallest absolute Gasteiger partial charge is 0.00924 e. The first-order valence-corrected chi connectivity index (χ1v) is 8.05. The van der Waals surface area contributed by atoms with E-state index in [1.807, 2.05) is 0 Å². The first-order valence-electron chi connectivity index (χ1n) is 8.05. The minimum Gasteiger partial charge on any atom is -0.330 e. The van der Waals surface area contributed by atoms with Crippen LogP contribution >= 0.6 is 0 Å². The molecule has 106 valence electrons. The molecule has 2 nitrogen and oxygen atoms in total. The first-order chi connectivity index (χ1) is 8.65. The molecule has 0 saturated heterocycles. The number of hydrogen-bond donors (Lipinski definition) is 1. The molecule has 2 heteroatoms. The van der Waals surface area contributed by atoms with E-state index in [4.69, 9.17) is 5.73 Å². The topological polar surface area (TPSA) is 29.3 Å². The van der Waals surface area contributed by atoms with E-state index in [1.54, 1.807) is 0 Å². The molecule has 2 saturated carbocycles. The van der Waals surface area contributed by atoms with Crippen LogP contribution in [-0.4, -0.2) is 31.1 Å². The van der Waals surface area contributed by atoms with Crippen LogP contribution in [0.25, 0.3) is 0 Å². The highest BCUT2D eigenvalue weighted by molar-refractivity contribution is 4.90. The van der Waals surface area contributed by atoms with Gasteiger partial charge in [-0.15, -0.1) is 0 Å². The van der Waals surface area contributed by atoms with E-state index in [-0.39, 0.29) is 0 Å². The summed E-state index contributed by atoms with van der Waals surface area (Å²) in [6.45, 7) is 4.52. The summed E-state index contributed by atoms with van der Waals surface area (Å²) in [7, 11) is 2.34.